The Morgan fingerprint density at radius 3 is 2.71 bits per heavy atom. The topological polar surface area (TPSA) is 29.1 Å². The second kappa shape index (κ2) is 7.82. The van der Waals surface area contributed by atoms with E-state index in [1.54, 1.807) is 0 Å². The summed E-state index contributed by atoms with van der Waals surface area (Å²) >= 11 is 6.53. The van der Waals surface area contributed by atoms with Crippen LogP contribution in [0.4, 0.5) is 4.39 Å². The van der Waals surface area contributed by atoms with Gasteiger partial charge < -0.3 is 5.32 Å². The number of nitrogens with one attached hydrogen (secondary N) is 1. The molecule has 0 heterocycles. The number of alkyl halides is 1. The first kappa shape index (κ1) is 14.6. The van der Waals surface area contributed by atoms with Crippen molar-refractivity contribution in [1.82, 2.24) is 5.32 Å². The van der Waals surface area contributed by atoms with Gasteiger partial charge in [-0.3, -0.25) is 4.79 Å². The molecule has 0 atom stereocenters. The fourth-order valence-corrected chi connectivity index (χ4v) is 2.29. The molecular formula is C12H14Br2FNO. The van der Waals surface area contributed by atoms with Crippen molar-refractivity contribution < 1.29 is 9.18 Å². The average molecular weight is 367 g/mol. The number of halogens is 3. The molecule has 2 nitrogen and oxygen atoms in total. The van der Waals surface area contributed by atoms with Crippen molar-refractivity contribution in [3.05, 3.63) is 34.1 Å². The summed E-state index contributed by atoms with van der Waals surface area (Å²) in [6, 6.07) is 4.05. The Balaban J connectivity index is 2.42. The van der Waals surface area contributed by atoms with E-state index in [1.807, 2.05) is 0 Å². The number of benzene rings is 1. The third kappa shape index (κ3) is 5.17. The molecule has 5 heteroatoms. The van der Waals surface area contributed by atoms with Crippen LogP contribution in [0, 0.1) is 5.82 Å². The number of carbonyl (C=O) groups excluding carboxylic acids is 1. The number of amides is 1. The van der Waals surface area contributed by atoms with Crippen molar-refractivity contribution in [1.29, 1.82) is 0 Å². The predicted molar refractivity (Wildman–Crippen MR) is 74.1 cm³/mol. The Kier molecular flexibility index (Phi) is 6.73. The zero-order valence-electron chi connectivity index (χ0n) is 9.31. The highest BCUT2D eigenvalue weighted by Crippen LogP contribution is 2.17. The number of hydrogen-bond acceptors (Lipinski definition) is 1. The maximum absolute atomic E-state index is 12.8. The molecule has 1 aromatic rings. The zero-order chi connectivity index (χ0) is 12.7. The van der Waals surface area contributed by atoms with Crippen LogP contribution in [-0.2, 0) is 0 Å². The quantitative estimate of drug-likeness (QED) is 0.600. The third-order valence-electron chi connectivity index (χ3n) is 2.27. The van der Waals surface area contributed by atoms with E-state index in [0.29, 0.717) is 16.6 Å². The number of hydrogen-bond donors (Lipinski definition) is 1. The number of carbonyl (C=O) groups is 1. The molecule has 0 aliphatic rings. The minimum atomic E-state index is -0.356. The summed E-state index contributed by atoms with van der Waals surface area (Å²) in [5.74, 6) is -0.526. The van der Waals surface area contributed by atoms with Crippen LogP contribution in [0.5, 0.6) is 0 Å². The van der Waals surface area contributed by atoms with Gasteiger partial charge in [-0.15, -0.1) is 0 Å². The van der Waals surface area contributed by atoms with Crippen LogP contribution in [-0.4, -0.2) is 17.8 Å². The Morgan fingerprint density at radius 2 is 2.06 bits per heavy atom. The van der Waals surface area contributed by atoms with Gasteiger partial charge in [0, 0.05) is 16.3 Å². The van der Waals surface area contributed by atoms with E-state index < -0.39 is 0 Å². The van der Waals surface area contributed by atoms with Gasteiger partial charge in [0.1, 0.15) is 5.82 Å². The summed E-state index contributed by atoms with van der Waals surface area (Å²) in [5.41, 5.74) is 0.465. The number of unbranched alkanes of at least 4 members (excludes halogenated alkanes) is 2. The molecule has 0 saturated heterocycles. The van der Waals surface area contributed by atoms with Crippen LogP contribution in [0.1, 0.15) is 29.6 Å². The molecule has 1 rings (SSSR count). The lowest BCUT2D eigenvalue weighted by atomic mass is 10.2. The molecule has 0 aromatic heterocycles. The summed E-state index contributed by atoms with van der Waals surface area (Å²) < 4.78 is 13.3. The van der Waals surface area contributed by atoms with Crippen molar-refractivity contribution in [2.45, 2.75) is 19.3 Å². The molecule has 0 saturated carbocycles. The fraction of sp³-hybridized carbons (Fsp3) is 0.417. The Hall–Kier alpha value is -0.420. The van der Waals surface area contributed by atoms with Crippen molar-refractivity contribution in [3.63, 3.8) is 0 Å². The lowest BCUT2D eigenvalue weighted by Crippen LogP contribution is -2.24. The van der Waals surface area contributed by atoms with E-state index in [-0.39, 0.29) is 11.7 Å². The molecule has 0 aliphatic heterocycles. The van der Waals surface area contributed by atoms with Gasteiger partial charge >= 0.3 is 0 Å². The molecule has 1 aromatic carbocycles. The normalized spacial score (nSPS) is 10.3. The smallest absolute Gasteiger partial charge is 0.252 e. The van der Waals surface area contributed by atoms with Crippen molar-refractivity contribution in [3.8, 4) is 0 Å². The van der Waals surface area contributed by atoms with E-state index in [2.05, 4.69) is 37.2 Å². The van der Waals surface area contributed by atoms with Gasteiger partial charge in [0.25, 0.3) is 5.91 Å². The van der Waals surface area contributed by atoms with Crippen molar-refractivity contribution in [2.24, 2.45) is 0 Å². The summed E-state index contributed by atoms with van der Waals surface area (Å²) in [5, 5.41) is 3.80. The molecule has 1 amide bonds. The van der Waals surface area contributed by atoms with Gasteiger partial charge in [0.2, 0.25) is 0 Å². The monoisotopic (exact) mass is 365 g/mol. The maximum atomic E-state index is 12.8. The Morgan fingerprint density at radius 1 is 1.29 bits per heavy atom. The molecule has 0 unspecified atom stereocenters. The highest BCUT2D eigenvalue weighted by Gasteiger charge is 2.09. The first-order chi connectivity index (χ1) is 8.15. The van der Waals surface area contributed by atoms with Crippen LogP contribution in [0.15, 0.2) is 22.7 Å². The molecule has 0 bridgehead atoms. The molecule has 17 heavy (non-hydrogen) atoms. The van der Waals surface area contributed by atoms with Crippen LogP contribution >= 0.6 is 31.9 Å². The zero-order valence-corrected chi connectivity index (χ0v) is 12.5. The van der Waals surface area contributed by atoms with E-state index >= 15 is 0 Å². The third-order valence-corrected chi connectivity index (χ3v) is 3.49. The van der Waals surface area contributed by atoms with E-state index in [0.717, 1.165) is 24.6 Å². The SMILES string of the molecule is O=C(NCCCCCBr)c1ccc(F)cc1Br. The van der Waals surface area contributed by atoms with E-state index in [9.17, 15) is 9.18 Å². The molecule has 0 spiro atoms. The van der Waals surface area contributed by atoms with Crippen LogP contribution in [0.3, 0.4) is 0 Å². The van der Waals surface area contributed by atoms with Gasteiger partial charge in [0.15, 0.2) is 0 Å². The fourth-order valence-electron chi connectivity index (χ4n) is 1.37. The maximum Gasteiger partial charge on any atom is 0.252 e. The summed E-state index contributed by atoms with van der Waals surface area (Å²) in [6.07, 6.45) is 3.14. The minimum Gasteiger partial charge on any atom is -0.352 e. The van der Waals surface area contributed by atoms with Crippen LogP contribution in [0.2, 0.25) is 0 Å². The van der Waals surface area contributed by atoms with E-state index in [4.69, 9.17) is 0 Å². The lowest BCUT2D eigenvalue weighted by Gasteiger charge is -2.06. The molecule has 0 radical (unpaired) electrons. The summed E-state index contributed by atoms with van der Waals surface area (Å²) in [6.45, 7) is 0.648. The lowest BCUT2D eigenvalue weighted by molar-refractivity contribution is 0.0952. The Bertz CT molecular complexity index is 385. The Labute approximate surface area is 117 Å². The van der Waals surface area contributed by atoms with Gasteiger partial charge in [-0.2, -0.15) is 0 Å². The predicted octanol–water partition coefficient (Wildman–Crippen LogP) is 3.88. The van der Waals surface area contributed by atoms with Gasteiger partial charge in [-0.1, -0.05) is 22.4 Å². The second-order valence-electron chi connectivity index (χ2n) is 3.63. The molecule has 1 N–H and O–H groups in total. The second-order valence-corrected chi connectivity index (χ2v) is 5.28. The van der Waals surface area contributed by atoms with Gasteiger partial charge in [-0.05, 0) is 47.0 Å². The molecular weight excluding hydrogens is 353 g/mol. The highest BCUT2D eigenvalue weighted by atomic mass is 79.9. The van der Waals surface area contributed by atoms with Crippen molar-refractivity contribution >= 4 is 37.8 Å². The largest absolute Gasteiger partial charge is 0.352 e. The first-order valence-corrected chi connectivity index (χ1v) is 7.36. The van der Waals surface area contributed by atoms with Crippen LogP contribution < -0.4 is 5.32 Å². The number of rotatable bonds is 6. The van der Waals surface area contributed by atoms with E-state index in [1.165, 1.54) is 18.2 Å². The van der Waals surface area contributed by atoms with Gasteiger partial charge in [0.05, 0.1) is 5.56 Å². The minimum absolute atomic E-state index is 0.171. The molecule has 0 fully saturated rings. The van der Waals surface area contributed by atoms with Crippen LogP contribution in [0.25, 0.3) is 0 Å². The summed E-state index contributed by atoms with van der Waals surface area (Å²) in [7, 11) is 0. The molecule has 0 aliphatic carbocycles. The molecule has 94 valence electrons. The average Bonchev–Trinajstić information content (AvgIpc) is 2.28. The first-order valence-electron chi connectivity index (χ1n) is 5.44. The van der Waals surface area contributed by atoms with Gasteiger partial charge in [-0.25, -0.2) is 4.39 Å². The van der Waals surface area contributed by atoms with Crippen molar-refractivity contribution in [2.75, 3.05) is 11.9 Å². The highest BCUT2D eigenvalue weighted by molar-refractivity contribution is 9.10. The summed E-state index contributed by atoms with van der Waals surface area (Å²) in [4.78, 5) is 11.7. The standard InChI is InChI=1S/C12H14Br2FNO/c13-6-2-1-3-7-16-12(17)10-5-4-9(15)8-11(10)14/h4-5,8H,1-3,6-7H2,(H,16,17).